The topological polar surface area (TPSA) is 84.9 Å². The number of anilines is 1. The molecule has 2 heterocycles. The van der Waals surface area contributed by atoms with Crippen molar-refractivity contribution in [1.29, 1.82) is 0 Å². The van der Waals surface area contributed by atoms with Gasteiger partial charge in [-0.2, -0.15) is 4.31 Å². The first-order chi connectivity index (χ1) is 14.7. The Morgan fingerprint density at radius 2 is 1.65 bits per heavy atom. The number of hydrogen-bond donors (Lipinski definition) is 1. The zero-order valence-electron chi connectivity index (χ0n) is 18.2. The molecule has 166 valence electrons. The largest absolute Gasteiger partial charge is 0.489 e. The molecule has 0 bridgehead atoms. The van der Waals surface area contributed by atoms with Crippen LogP contribution < -0.4 is 10.1 Å². The van der Waals surface area contributed by atoms with Crippen LogP contribution in [0.3, 0.4) is 0 Å². The smallest absolute Gasteiger partial charge is 0.259 e. The maximum Gasteiger partial charge on any atom is 0.259 e. The van der Waals surface area contributed by atoms with Crippen LogP contribution in [0.25, 0.3) is 0 Å². The van der Waals surface area contributed by atoms with Crippen molar-refractivity contribution in [2.24, 2.45) is 0 Å². The van der Waals surface area contributed by atoms with E-state index in [0.717, 1.165) is 5.56 Å². The highest BCUT2D eigenvalue weighted by Crippen LogP contribution is 2.40. The minimum Gasteiger partial charge on any atom is -0.489 e. The Kier molecular flexibility index (Phi) is 5.81. The molecule has 2 aliphatic rings. The number of benzene rings is 2. The van der Waals surface area contributed by atoms with E-state index in [-0.39, 0.29) is 35.0 Å². The standard InChI is InChI=1S/C23H28N2O5S/c1-14-12-25(13-15(2)29-14)31(27,28)19-10-8-18(9-11-19)24-23(26)21-7-5-6-20-16(3)17(4)30-22(20)21/h5-11,14-17H,12-13H2,1-4H3,(H,24,26). The van der Waals surface area contributed by atoms with Gasteiger partial charge in [0.05, 0.1) is 22.7 Å². The molecule has 1 saturated heterocycles. The molecule has 4 rings (SSSR count). The SMILES string of the molecule is CC1CN(S(=O)(=O)c2ccc(NC(=O)c3cccc4c3OC(C)C4C)cc2)CC(C)O1. The average molecular weight is 445 g/mol. The highest BCUT2D eigenvalue weighted by molar-refractivity contribution is 7.89. The Bertz CT molecular complexity index is 1070. The van der Waals surface area contributed by atoms with E-state index in [1.54, 1.807) is 18.2 Å². The van der Waals surface area contributed by atoms with E-state index in [2.05, 4.69) is 12.2 Å². The molecule has 4 unspecified atom stereocenters. The quantitative estimate of drug-likeness (QED) is 0.779. The molecule has 8 heteroatoms. The summed E-state index contributed by atoms with van der Waals surface area (Å²) in [5, 5.41) is 2.84. The molecule has 0 radical (unpaired) electrons. The van der Waals surface area contributed by atoms with Crippen LogP contribution in [0.2, 0.25) is 0 Å². The Hall–Kier alpha value is -2.42. The van der Waals surface area contributed by atoms with Gasteiger partial charge in [-0.3, -0.25) is 4.79 Å². The number of sulfonamides is 1. The molecule has 31 heavy (non-hydrogen) atoms. The van der Waals surface area contributed by atoms with Crippen molar-refractivity contribution in [1.82, 2.24) is 4.31 Å². The first-order valence-electron chi connectivity index (χ1n) is 10.5. The normalized spacial score (nSPS) is 26.2. The summed E-state index contributed by atoms with van der Waals surface area (Å²) in [5.41, 5.74) is 2.02. The van der Waals surface area contributed by atoms with Crippen molar-refractivity contribution < 1.29 is 22.7 Å². The van der Waals surface area contributed by atoms with Crippen molar-refractivity contribution >= 4 is 21.6 Å². The second kappa shape index (κ2) is 8.26. The van der Waals surface area contributed by atoms with Gasteiger partial charge in [0.15, 0.2) is 0 Å². The molecule has 1 amide bonds. The zero-order chi connectivity index (χ0) is 22.3. The van der Waals surface area contributed by atoms with Gasteiger partial charge in [0.25, 0.3) is 5.91 Å². The van der Waals surface area contributed by atoms with Gasteiger partial charge in [-0.1, -0.05) is 19.1 Å². The molecule has 2 aliphatic heterocycles. The molecular weight excluding hydrogens is 416 g/mol. The summed E-state index contributed by atoms with van der Waals surface area (Å²) in [7, 11) is -3.62. The maximum atomic E-state index is 13.0. The van der Waals surface area contributed by atoms with Crippen molar-refractivity contribution in [3.8, 4) is 5.75 Å². The number of carbonyl (C=O) groups is 1. The summed E-state index contributed by atoms with van der Waals surface area (Å²) in [6.07, 6.45) is -0.297. The molecule has 1 N–H and O–H groups in total. The summed E-state index contributed by atoms with van der Waals surface area (Å²) in [6.45, 7) is 8.43. The number of hydrogen-bond acceptors (Lipinski definition) is 5. The molecule has 0 spiro atoms. The number of ether oxygens (including phenoxy) is 2. The number of nitrogens with one attached hydrogen (secondary N) is 1. The highest BCUT2D eigenvalue weighted by atomic mass is 32.2. The lowest BCUT2D eigenvalue weighted by atomic mass is 9.97. The minimum absolute atomic E-state index is 0.0130. The van der Waals surface area contributed by atoms with E-state index in [4.69, 9.17) is 9.47 Å². The van der Waals surface area contributed by atoms with Crippen LogP contribution >= 0.6 is 0 Å². The lowest BCUT2D eigenvalue weighted by Crippen LogP contribution is -2.48. The van der Waals surface area contributed by atoms with Crippen LogP contribution in [-0.2, 0) is 14.8 Å². The number of para-hydroxylation sites is 1. The summed E-state index contributed by atoms with van der Waals surface area (Å²) in [6, 6.07) is 11.8. The predicted molar refractivity (Wildman–Crippen MR) is 118 cm³/mol. The predicted octanol–water partition coefficient (Wildman–Crippen LogP) is 3.62. The second-order valence-corrected chi connectivity index (χ2v) is 10.3. The average Bonchev–Trinajstić information content (AvgIpc) is 3.01. The second-order valence-electron chi connectivity index (χ2n) is 8.39. The van der Waals surface area contributed by atoms with Gasteiger partial charge in [-0.05, 0) is 51.1 Å². The monoisotopic (exact) mass is 444 g/mol. The van der Waals surface area contributed by atoms with E-state index >= 15 is 0 Å². The number of morpholine rings is 1. The van der Waals surface area contributed by atoms with E-state index < -0.39 is 10.0 Å². The summed E-state index contributed by atoms with van der Waals surface area (Å²) < 4.78 is 39.0. The molecule has 0 aromatic heterocycles. The van der Waals surface area contributed by atoms with Crippen LogP contribution in [-0.4, -0.2) is 50.0 Å². The molecule has 7 nitrogen and oxygen atoms in total. The van der Waals surface area contributed by atoms with Crippen molar-refractivity contribution in [3.05, 3.63) is 53.6 Å². The lowest BCUT2D eigenvalue weighted by molar-refractivity contribution is -0.0440. The van der Waals surface area contributed by atoms with Crippen molar-refractivity contribution in [2.75, 3.05) is 18.4 Å². The molecule has 1 fully saturated rings. The van der Waals surface area contributed by atoms with Crippen LogP contribution in [0.5, 0.6) is 5.75 Å². The molecule has 0 aliphatic carbocycles. The third-order valence-corrected chi connectivity index (χ3v) is 7.77. The summed E-state index contributed by atoms with van der Waals surface area (Å²) in [5.74, 6) is 0.553. The third kappa shape index (κ3) is 4.20. The lowest BCUT2D eigenvalue weighted by Gasteiger charge is -2.34. The van der Waals surface area contributed by atoms with E-state index in [9.17, 15) is 13.2 Å². The van der Waals surface area contributed by atoms with Gasteiger partial charge in [-0.25, -0.2) is 8.42 Å². The Morgan fingerprint density at radius 3 is 2.29 bits per heavy atom. The zero-order valence-corrected chi connectivity index (χ0v) is 19.0. The number of nitrogens with zero attached hydrogens (tertiary/aromatic N) is 1. The molecule has 0 saturated carbocycles. The van der Waals surface area contributed by atoms with Gasteiger partial charge in [0.2, 0.25) is 10.0 Å². The van der Waals surface area contributed by atoms with Crippen LogP contribution in [0.1, 0.15) is 49.5 Å². The number of carbonyl (C=O) groups excluding carboxylic acids is 1. The number of fused-ring (bicyclic) bond motifs is 1. The first-order valence-corrected chi connectivity index (χ1v) is 12.0. The third-order valence-electron chi connectivity index (χ3n) is 5.92. The Balaban J connectivity index is 1.50. The Labute approximate surface area is 183 Å². The summed E-state index contributed by atoms with van der Waals surface area (Å²) >= 11 is 0. The van der Waals surface area contributed by atoms with Gasteiger partial charge in [0.1, 0.15) is 11.9 Å². The molecule has 2 aromatic rings. The minimum atomic E-state index is -3.62. The van der Waals surface area contributed by atoms with E-state index in [1.165, 1.54) is 16.4 Å². The fourth-order valence-electron chi connectivity index (χ4n) is 4.15. The fraction of sp³-hybridized carbons (Fsp3) is 0.435. The molecular formula is C23H28N2O5S. The Morgan fingerprint density at radius 1 is 1.00 bits per heavy atom. The molecule has 4 atom stereocenters. The maximum absolute atomic E-state index is 13.0. The highest BCUT2D eigenvalue weighted by Gasteiger charge is 2.33. The van der Waals surface area contributed by atoms with Gasteiger partial charge >= 0.3 is 0 Å². The summed E-state index contributed by atoms with van der Waals surface area (Å²) in [4.78, 5) is 13.0. The van der Waals surface area contributed by atoms with Crippen LogP contribution in [0, 0.1) is 0 Å². The van der Waals surface area contributed by atoms with E-state index in [1.807, 2.05) is 32.9 Å². The van der Waals surface area contributed by atoms with Gasteiger partial charge in [0, 0.05) is 30.3 Å². The van der Waals surface area contributed by atoms with Crippen LogP contribution in [0.15, 0.2) is 47.4 Å². The number of amides is 1. The van der Waals surface area contributed by atoms with Crippen molar-refractivity contribution in [2.45, 2.75) is 56.8 Å². The van der Waals surface area contributed by atoms with Crippen LogP contribution in [0.4, 0.5) is 5.69 Å². The van der Waals surface area contributed by atoms with E-state index in [0.29, 0.717) is 30.1 Å². The number of rotatable bonds is 4. The van der Waals surface area contributed by atoms with Gasteiger partial charge in [-0.15, -0.1) is 0 Å². The molecule has 2 aromatic carbocycles. The first kappa shape index (κ1) is 21.8. The van der Waals surface area contributed by atoms with Gasteiger partial charge < -0.3 is 14.8 Å². The fourth-order valence-corrected chi connectivity index (χ4v) is 5.74. The van der Waals surface area contributed by atoms with Crippen molar-refractivity contribution in [3.63, 3.8) is 0 Å².